The molecule has 2 aliphatic carbocycles. The molecule has 57 heavy (non-hydrogen) atoms. The van der Waals surface area contributed by atoms with Gasteiger partial charge in [0.2, 0.25) is 10.0 Å². The van der Waals surface area contributed by atoms with Crippen LogP contribution in [0.1, 0.15) is 94.6 Å². The van der Waals surface area contributed by atoms with Crippen LogP contribution in [0.25, 0.3) is 0 Å². The number of rotatable bonds is 7. The predicted octanol–water partition coefficient (Wildman–Crippen LogP) is 7.09. The molecule has 10 nitrogen and oxygen atoms in total. The van der Waals surface area contributed by atoms with E-state index in [9.17, 15) is 13.2 Å². The Balaban J connectivity index is 1.31. The zero-order valence-electron chi connectivity index (χ0n) is 35.0. The monoisotopic (exact) mass is 824 g/mol. The van der Waals surface area contributed by atoms with E-state index in [1.807, 2.05) is 25.1 Å². The number of anilines is 1. The summed E-state index contributed by atoms with van der Waals surface area (Å²) in [6.07, 6.45) is 10.4. The first kappa shape index (κ1) is 42.5. The summed E-state index contributed by atoms with van der Waals surface area (Å²) in [5.74, 6) is 0.379. The third kappa shape index (κ3) is 8.95. The molecule has 12 heteroatoms. The summed E-state index contributed by atoms with van der Waals surface area (Å²) < 4.78 is 49.9. The lowest BCUT2D eigenvalue weighted by Crippen LogP contribution is -2.60. The molecule has 0 radical (unpaired) electrons. The summed E-state index contributed by atoms with van der Waals surface area (Å²) in [5.41, 5.74) is 2.97. The van der Waals surface area contributed by atoms with E-state index in [-0.39, 0.29) is 35.8 Å². The van der Waals surface area contributed by atoms with Crippen LogP contribution in [0.3, 0.4) is 0 Å². The van der Waals surface area contributed by atoms with Crippen LogP contribution in [0.2, 0.25) is 5.02 Å². The number of carbonyl (C=O) groups is 1. The number of aryl methyl sites for hydroxylation is 1. The number of hydrogen-bond acceptors (Lipinski definition) is 9. The maximum atomic E-state index is 14.1. The Morgan fingerprint density at radius 1 is 1.07 bits per heavy atom. The van der Waals surface area contributed by atoms with Gasteiger partial charge in [0.1, 0.15) is 11.4 Å². The number of halogens is 1. The average molecular weight is 826 g/mol. The van der Waals surface area contributed by atoms with Crippen molar-refractivity contribution in [1.29, 1.82) is 0 Å². The lowest BCUT2D eigenvalue weighted by Gasteiger charge is -2.53. The fourth-order valence-corrected chi connectivity index (χ4v) is 12.4. The summed E-state index contributed by atoms with van der Waals surface area (Å²) in [6.45, 7) is 18.5. The average Bonchev–Trinajstić information content (AvgIpc) is 3.29. The molecule has 6 atom stereocenters. The number of ether oxygens (including phenoxy) is 3. The molecular weight excluding hydrogens is 760 g/mol. The lowest BCUT2D eigenvalue weighted by molar-refractivity contribution is -0.114. The van der Waals surface area contributed by atoms with E-state index in [4.69, 9.17) is 25.8 Å². The van der Waals surface area contributed by atoms with Gasteiger partial charge in [0.25, 0.3) is 5.91 Å². The van der Waals surface area contributed by atoms with Crippen LogP contribution in [-0.4, -0.2) is 113 Å². The van der Waals surface area contributed by atoms with Crippen molar-refractivity contribution in [2.75, 3.05) is 77.6 Å². The van der Waals surface area contributed by atoms with Crippen molar-refractivity contribution in [3.8, 4) is 5.75 Å². The number of piperazine rings is 1. The highest BCUT2D eigenvalue weighted by Crippen LogP contribution is 2.49. The molecule has 1 amide bonds. The highest BCUT2D eigenvalue weighted by molar-refractivity contribution is 7.90. The topological polar surface area (TPSA) is 101 Å². The van der Waals surface area contributed by atoms with E-state index in [0.717, 1.165) is 82.1 Å². The minimum Gasteiger partial charge on any atom is -0.490 e. The number of benzene rings is 2. The Morgan fingerprint density at radius 2 is 1.86 bits per heavy atom. The maximum Gasteiger partial charge on any atom is 0.264 e. The van der Waals surface area contributed by atoms with Gasteiger partial charge in [0, 0.05) is 87.7 Å². The van der Waals surface area contributed by atoms with Gasteiger partial charge < -0.3 is 19.1 Å². The Bertz CT molecular complexity index is 1890. The first-order valence-corrected chi connectivity index (χ1v) is 23.2. The predicted molar refractivity (Wildman–Crippen MR) is 228 cm³/mol. The molecule has 0 aromatic heterocycles. The summed E-state index contributed by atoms with van der Waals surface area (Å²) >= 11 is 6.54. The van der Waals surface area contributed by atoms with Gasteiger partial charge in [-0.2, -0.15) is 0 Å². The zero-order valence-corrected chi connectivity index (χ0v) is 36.6. The fourth-order valence-electron chi connectivity index (χ4n) is 10.5. The number of carbonyl (C=O) groups excluding carboxylic acids is 1. The molecule has 1 saturated heterocycles. The second-order valence-corrected chi connectivity index (χ2v) is 20.8. The SMILES string of the molecule is CCO[C@]1(CN2CCN(C(C)(C)C)CC2)/C=C/C[C@H](C)[C@@H](CCOC)S(=O)(=O)NC(=O)c2ccc3c(c2)N(C[C@@H]2CC[C@H]21)C[C@@]1(CCCc2cc(Cl)ccc21)CO3. The smallest absolute Gasteiger partial charge is 0.264 e. The van der Waals surface area contributed by atoms with Crippen LogP contribution in [-0.2, 0) is 31.3 Å². The van der Waals surface area contributed by atoms with Gasteiger partial charge in [-0.1, -0.05) is 36.7 Å². The standard InChI is InChI=1S/C45H65ClN4O6S/c1-7-56-45(30-48-21-23-50(24-22-48)43(3,4)5)20-8-10-32(2)41(18-25-54-6)57(52,53)47-42(51)34-13-17-40-39(27-34)49(28-35-12-15-38(35)45)29-44(31-55-40)19-9-11-33-26-36(46)14-16-37(33)44/h8,13-14,16-17,20,26-27,32,35,38,41H,7,9-12,15,18-19,21-25,28-31H2,1-6H3,(H,47,51)/b20-8+/t32-,35-,38+,41+,44-,45-/m0/s1. The molecule has 1 spiro atoms. The van der Waals surface area contributed by atoms with Crippen LogP contribution >= 0.6 is 11.6 Å². The first-order chi connectivity index (χ1) is 27.2. The molecular formula is C45H65ClN4O6S. The van der Waals surface area contributed by atoms with E-state index in [1.165, 1.54) is 11.1 Å². The molecule has 5 aliphatic rings. The van der Waals surface area contributed by atoms with Gasteiger partial charge in [-0.15, -0.1) is 0 Å². The molecule has 1 N–H and O–H groups in total. The third-order valence-electron chi connectivity index (χ3n) is 13.8. The van der Waals surface area contributed by atoms with E-state index < -0.39 is 26.8 Å². The van der Waals surface area contributed by atoms with Gasteiger partial charge in [-0.25, -0.2) is 13.1 Å². The number of sulfonamides is 1. The highest BCUT2D eigenvalue weighted by atomic mass is 35.5. The quantitative estimate of drug-likeness (QED) is 0.294. The number of methoxy groups -OCH3 is 1. The number of fused-ring (bicyclic) bond motifs is 4. The van der Waals surface area contributed by atoms with Crippen LogP contribution in [0, 0.1) is 17.8 Å². The van der Waals surface area contributed by atoms with Crippen molar-refractivity contribution in [1.82, 2.24) is 14.5 Å². The minimum atomic E-state index is -4.07. The molecule has 3 heterocycles. The fraction of sp³-hybridized carbons (Fsp3) is 0.667. The Kier molecular flexibility index (Phi) is 12.8. The van der Waals surface area contributed by atoms with Crippen molar-refractivity contribution in [2.45, 2.75) is 101 Å². The van der Waals surface area contributed by atoms with Crippen molar-refractivity contribution in [3.05, 3.63) is 70.3 Å². The Morgan fingerprint density at radius 3 is 2.56 bits per heavy atom. The normalized spacial score (nSPS) is 31.6. The summed E-state index contributed by atoms with van der Waals surface area (Å²) in [4.78, 5) is 21.5. The van der Waals surface area contributed by atoms with Crippen LogP contribution in [0.5, 0.6) is 5.75 Å². The van der Waals surface area contributed by atoms with Gasteiger partial charge >= 0.3 is 0 Å². The molecule has 2 aromatic rings. The van der Waals surface area contributed by atoms with E-state index in [2.05, 4.69) is 71.4 Å². The van der Waals surface area contributed by atoms with Gasteiger partial charge in [0.15, 0.2) is 0 Å². The molecule has 0 unspecified atom stereocenters. The van der Waals surface area contributed by atoms with Crippen molar-refractivity contribution in [3.63, 3.8) is 0 Å². The summed E-state index contributed by atoms with van der Waals surface area (Å²) in [6, 6.07) is 11.7. The van der Waals surface area contributed by atoms with Crippen molar-refractivity contribution < 1.29 is 27.4 Å². The molecule has 2 fully saturated rings. The summed E-state index contributed by atoms with van der Waals surface area (Å²) in [7, 11) is -2.50. The zero-order chi connectivity index (χ0) is 40.6. The Labute approximate surface area is 346 Å². The second kappa shape index (κ2) is 17.1. The summed E-state index contributed by atoms with van der Waals surface area (Å²) in [5, 5.41) is -0.0849. The van der Waals surface area contributed by atoms with Gasteiger partial charge in [-0.05, 0) is 132 Å². The largest absolute Gasteiger partial charge is 0.490 e. The van der Waals surface area contributed by atoms with E-state index >= 15 is 0 Å². The molecule has 314 valence electrons. The number of allylic oxidation sites excluding steroid dienone is 1. The van der Waals surface area contributed by atoms with E-state index in [1.54, 1.807) is 13.2 Å². The number of amides is 1. The van der Waals surface area contributed by atoms with Crippen LogP contribution in [0.15, 0.2) is 48.6 Å². The Hall–Kier alpha value is -2.67. The number of nitrogens with zero attached hydrogens (tertiary/aromatic N) is 3. The van der Waals surface area contributed by atoms with Gasteiger partial charge in [0.05, 0.1) is 17.5 Å². The minimum absolute atomic E-state index is 0.120. The maximum absolute atomic E-state index is 14.1. The van der Waals surface area contributed by atoms with Crippen molar-refractivity contribution in [2.24, 2.45) is 17.8 Å². The van der Waals surface area contributed by atoms with Crippen LogP contribution < -0.4 is 14.4 Å². The lowest BCUT2D eigenvalue weighted by atomic mass is 9.63. The molecule has 1 saturated carbocycles. The van der Waals surface area contributed by atoms with Crippen molar-refractivity contribution >= 4 is 33.2 Å². The number of nitrogens with one attached hydrogen (secondary N) is 1. The molecule has 7 rings (SSSR count). The highest BCUT2D eigenvalue weighted by Gasteiger charge is 2.50. The third-order valence-corrected chi connectivity index (χ3v) is 16.0. The first-order valence-electron chi connectivity index (χ1n) is 21.3. The molecule has 2 aromatic carbocycles. The number of hydrogen-bond donors (Lipinski definition) is 1. The van der Waals surface area contributed by atoms with Crippen LogP contribution in [0.4, 0.5) is 5.69 Å². The van der Waals surface area contributed by atoms with Gasteiger partial charge in [-0.3, -0.25) is 14.6 Å². The van der Waals surface area contributed by atoms with E-state index in [0.29, 0.717) is 43.4 Å². The second-order valence-electron chi connectivity index (χ2n) is 18.5. The molecule has 3 aliphatic heterocycles. The molecule has 2 bridgehead atoms.